The van der Waals surface area contributed by atoms with Crippen molar-refractivity contribution in [2.24, 2.45) is 0 Å². The van der Waals surface area contributed by atoms with Crippen LogP contribution in [-0.2, 0) is 17.5 Å². The van der Waals surface area contributed by atoms with E-state index in [1.165, 1.54) is 19.5 Å². The number of fused-ring (bicyclic) bond motifs is 1. The number of hydrogen-bond donors (Lipinski definition) is 2. The standard InChI is InChI=1S/C29H28F3N7O3/c1-3-23(40)38-12-4-5-20(15-38)39-27-24(26(33)35-16-36-27)25(37-39)18-8-6-17(7-9-18)14-34-28(41)21-13-19(29(30,31)32)10-11-22(21)42-2/h3,6-11,13,16,20H,1,4-5,12,14-15H2,2H3,(H,34,41)(H2,33,35,36)/t20-/m1/s1. The van der Waals surface area contributed by atoms with Crippen molar-refractivity contribution in [1.82, 2.24) is 30.0 Å². The molecule has 1 saturated heterocycles. The van der Waals surface area contributed by atoms with E-state index in [1.54, 1.807) is 33.8 Å². The van der Waals surface area contributed by atoms with Crippen molar-refractivity contribution in [1.29, 1.82) is 0 Å². The van der Waals surface area contributed by atoms with E-state index >= 15 is 0 Å². The second kappa shape index (κ2) is 11.5. The van der Waals surface area contributed by atoms with Crippen LogP contribution in [0.15, 0.2) is 61.4 Å². The van der Waals surface area contributed by atoms with Crippen LogP contribution in [0.3, 0.4) is 0 Å². The van der Waals surface area contributed by atoms with Gasteiger partial charge in [0.05, 0.1) is 29.7 Å². The van der Waals surface area contributed by atoms with Crippen LogP contribution in [0.5, 0.6) is 5.75 Å². The number of alkyl halides is 3. The number of rotatable bonds is 7. The van der Waals surface area contributed by atoms with Gasteiger partial charge in [0.1, 0.15) is 23.6 Å². The third kappa shape index (κ3) is 5.62. The number of piperidine rings is 1. The van der Waals surface area contributed by atoms with Crippen LogP contribution in [0, 0.1) is 0 Å². The van der Waals surface area contributed by atoms with E-state index in [-0.39, 0.29) is 35.6 Å². The molecule has 5 rings (SSSR count). The van der Waals surface area contributed by atoms with Gasteiger partial charge in [0.25, 0.3) is 5.91 Å². The number of benzene rings is 2. The van der Waals surface area contributed by atoms with Gasteiger partial charge in [0, 0.05) is 25.2 Å². The van der Waals surface area contributed by atoms with E-state index in [2.05, 4.69) is 21.9 Å². The average molecular weight is 580 g/mol. The molecule has 2 amide bonds. The summed E-state index contributed by atoms with van der Waals surface area (Å²) in [6.45, 7) is 4.75. The number of ether oxygens (including phenoxy) is 1. The number of nitrogens with zero attached hydrogens (tertiary/aromatic N) is 5. The first-order valence-corrected chi connectivity index (χ1v) is 13.1. The van der Waals surface area contributed by atoms with Crippen molar-refractivity contribution in [3.8, 4) is 17.0 Å². The van der Waals surface area contributed by atoms with E-state index in [0.717, 1.165) is 36.6 Å². The fourth-order valence-corrected chi connectivity index (χ4v) is 5.06. The van der Waals surface area contributed by atoms with Crippen LogP contribution < -0.4 is 15.8 Å². The maximum absolute atomic E-state index is 13.2. The topological polar surface area (TPSA) is 128 Å². The molecule has 1 aliphatic rings. The minimum Gasteiger partial charge on any atom is -0.496 e. The number of nitrogens with two attached hydrogens (primary N) is 1. The minimum atomic E-state index is -4.60. The third-order valence-corrected chi connectivity index (χ3v) is 7.20. The summed E-state index contributed by atoms with van der Waals surface area (Å²) < 4.78 is 46.4. The Morgan fingerprint density at radius 3 is 2.64 bits per heavy atom. The van der Waals surface area contributed by atoms with Crippen molar-refractivity contribution in [2.75, 3.05) is 25.9 Å². The zero-order valence-corrected chi connectivity index (χ0v) is 22.7. The van der Waals surface area contributed by atoms with Gasteiger partial charge in [-0.05, 0) is 42.7 Å². The van der Waals surface area contributed by atoms with Crippen molar-refractivity contribution in [3.63, 3.8) is 0 Å². The molecule has 0 unspecified atom stereocenters. The van der Waals surface area contributed by atoms with E-state index in [4.69, 9.17) is 15.6 Å². The molecule has 0 bridgehead atoms. The lowest BCUT2D eigenvalue weighted by atomic mass is 10.1. The van der Waals surface area contributed by atoms with Gasteiger partial charge in [0.2, 0.25) is 5.91 Å². The molecule has 10 nitrogen and oxygen atoms in total. The zero-order chi connectivity index (χ0) is 30.0. The highest BCUT2D eigenvalue weighted by atomic mass is 19.4. The number of hydrogen-bond acceptors (Lipinski definition) is 7. The molecule has 42 heavy (non-hydrogen) atoms. The van der Waals surface area contributed by atoms with Crippen molar-refractivity contribution < 1.29 is 27.5 Å². The lowest BCUT2D eigenvalue weighted by Gasteiger charge is -2.32. The lowest BCUT2D eigenvalue weighted by molar-refractivity contribution is -0.137. The molecule has 3 heterocycles. The van der Waals surface area contributed by atoms with E-state index in [0.29, 0.717) is 35.4 Å². The molecule has 13 heteroatoms. The maximum atomic E-state index is 13.2. The van der Waals surface area contributed by atoms with Gasteiger partial charge in [-0.15, -0.1) is 0 Å². The number of likely N-dealkylation sites (tertiary alicyclic amines) is 1. The quantitative estimate of drug-likeness (QED) is 0.311. The Hall–Kier alpha value is -4.94. The highest BCUT2D eigenvalue weighted by Crippen LogP contribution is 2.35. The summed E-state index contributed by atoms with van der Waals surface area (Å²) in [5.41, 5.74) is 7.65. The second-order valence-corrected chi connectivity index (χ2v) is 9.83. The third-order valence-electron chi connectivity index (χ3n) is 7.20. The number of carbonyl (C=O) groups is 2. The maximum Gasteiger partial charge on any atom is 0.416 e. The van der Waals surface area contributed by atoms with Crippen LogP contribution in [0.2, 0.25) is 0 Å². The van der Waals surface area contributed by atoms with Gasteiger partial charge in [-0.1, -0.05) is 30.8 Å². The van der Waals surface area contributed by atoms with E-state index in [1.807, 2.05) is 0 Å². The summed E-state index contributed by atoms with van der Waals surface area (Å²) in [6.07, 6.45) is -0.317. The number of anilines is 1. The summed E-state index contributed by atoms with van der Waals surface area (Å²) in [5.74, 6) is -0.539. The summed E-state index contributed by atoms with van der Waals surface area (Å²) >= 11 is 0. The monoisotopic (exact) mass is 579 g/mol. The van der Waals surface area contributed by atoms with Gasteiger partial charge in [-0.2, -0.15) is 18.3 Å². The average Bonchev–Trinajstić information content (AvgIpc) is 3.40. The molecular formula is C29H28F3N7O3. The van der Waals surface area contributed by atoms with Gasteiger partial charge in [-0.3, -0.25) is 9.59 Å². The Kier molecular flexibility index (Phi) is 7.83. The number of carbonyl (C=O) groups excluding carboxylic acids is 2. The summed E-state index contributed by atoms with van der Waals surface area (Å²) in [6, 6.07) is 9.79. The molecule has 0 radical (unpaired) electrons. The normalized spacial score (nSPS) is 15.4. The fourth-order valence-electron chi connectivity index (χ4n) is 5.06. The SMILES string of the molecule is C=CC(=O)N1CCC[C@@H](n2nc(-c3ccc(CNC(=O)c4cc(C(F)(F)F)ccc4OC)cc3)c3c(N)ncnc32)C1. The van der Waals surface area contributed by atoms with Crippen molar-refractivity contribution >= 4 is 28.7 Å². The Morgan fingerprint density at radius 2 is 1.95 bits per heavy atom. The van der Waals surface area contributed by atoms with Gasteiger partial charge < -0.3 is 20.7 Å². The van der Waals surface area contributed by atoms with Gasteiger partial charge in [0.15, 0.2) is 5.65 Å². The molecule has 0 spiro atoms. The highest BCUT2D eigenvalue weighted by molar-refractivity contribution is 5.98. The van der Waals surface area contributed by atoms with Gasteiger partial charge in [-0.25, -0.2) is 14.6 Å². The van der Waals surface area contributed by atoms with Crippen LogP contribution in [0.4, 0.5) is 19.0 Å². The Morgan fingerprint density at radius 1 is 1.19 bits per heavy atom. The molecule has 0 saturated carbocycles. The van der Waals surface area contributed by atoms with Gasteiger partial charge >= 0.3 is 6.18 Å². The number of methoxy groups -OCH3 is 1. The number of halogens is 3. The number of aromatic nitrogens is 4. The Bertz CT molecular complexity index is 1650. The summed E-state index contributed by atoms with van der Waals surface area (Å²) in [5, 5.41) is 8.08. The van der Waals surface area contributed by atoms with Crippen LogP contribution >= 0.6 is 0 Å². The van der Waals surface area contributed by atoms with Crippen molar-refractivity contribution in [2.45, 2.75) is 31.6 Å². The lowest BCUT2D eigenvalue weighted by Crippen LogP contribution is -2.40. The van der Waals surface area contributed by atoms with Crippen LogP contribution in [-0.4, -0.2) is 56.7 Å². The first-order valence-electron chi connectivity index (χ1n) is 13.1. The molecule has 1 fully saturated rings. The molecule has 2 aromatic heterocycles. The molecular weight excluding hydrogens is 551 g/mol. The molecule has 3 N–H and O–H groups in total. The van der Waals surface area contributed by atoms with E-state index in [9.17, 15) is 22.8 Å². The Balaban J connectivity index is 1.37. The number of nitrogens with one attached hydrogen (secondary N) is 1. The van der Waals surface area contributed by atoms with Crippen LogP contribution in [0.25, 0.3) is 22.3 Å². The molecule has 218 valence electrons. The molecule has 2 aromatic carbocycles. The fraction of sp³-hybridized carbons (Fsp3) is 0.276. The summed E-state index contributed by atoms with van der Waals surface area (Å²) in [7, 11) is 1.28. The first kappa shape index (κ1) is 28.6. The summed E-state index contributed by atoms with van der Waals surface area (Å²) in [4.78, 5) is 35.3. The number of amides is 2. The predicted molar refractivity (Wildman–Crippen MR) is 149 cm³/mol. The largest absolute Gasteiger partial charge is 0.496 e. The molecule has 1 atom stereocenters. The smallest absolute Gasteiger partial charge is 0.416 e. The molecule has 0 aliphatic carbocycles. The zero-order valence-electron chi connectivity index (χ0n) is 22.7. The molecule has 1 aliphatic heterocycles. The first-order chi connectivity index (χ1) is 20.1. The Labute approximate surface area is 239 Å². The molecule has 4 aromatic rings. The number of nitrogen functional groups attached to an aromatic ring is 1. The van der Waals surface area contributed by atoms with Crippen LogP contribution in [0.1, 0.15) is 40.4 Å². The second-order valence-electron chi connectivity index (χ2n) is 9.83. The minimum absolute atomic E-state index is 0.0352. The predicted octanol–water partition coefficient (Wildman–Crippen LogP) is 4.38. The van der Waals surface area contributed by atoms with Crippen molar-refractivity contribution in [3.05, 3.63) is 78.1 Å². The van der Waals surface area contributed by atoms with E-state index < -0.39 is 17.6 Å². The highest BCUT2D eigenvalue weighted by Gasteiger charge is 2.32.